The highest BCUT2D eigenvalue weighted by Crippen LogP contribution is 2.51. The molecule has 8 aromatic rings. The molecule has 9 rings (SSSR count). The Kier molecular flexibility index (Phi) is 8.03. The van der Waals surface area contributed by atoms with Crippen LogP contribution in [0, 0.1) is 5.82 Å². The van der Waals surface area contributed by atoms with Gasteiger partial charge in [-0.05, 0) is 111 Å². The second-order valence-corrected chi connectivity index (χ2v) is 18.9. The van der Waals surface area contributed by atoms with Crippen molar-refractivity contribution in [1.29, 1.82) is 0 Å². The van der Waals surface area contributed by atoms with Crippen molar-refractivity contribution >= 4 is 44.6 Å². The molecule has 0 bridgehead atoms. The number of hydrogen-bond donors (Lipinski definition) is 0. The summed E-state index contributed by atoms with van der Waals surface area (Å²) in [6.07, 6.45) is 1.82. The highest BCUT2D eigenvalue weighted by Gasteiger charge is 2.33. The Morgan fingerprint density at radius 1 is 0.600 bits per heavy atom. The van der Waals surface area contributed by atoms with Gasteiger partial charge in [-0.25, -0.2) is 9.37 Å². The minimum atomic E-state index is -0.430. The molecule has 0 aliphatic carbocycles. The van der Waals surface area contributed by atoms with Gasteiger partial charge in [0.15, 0.2) is 0 Å². The van der Waals surface area contributed by atoms with E-state index in [0.29, 0.717) is 23.7 Å². The lowest BCUT2D eigenvalue weighted by Gasteiger charge is -2.30. The number of hydrogen-bond acceptors (Lipinski definition) is 4. The van der Waals surface area contributed by atoms with E-state index in [9.17, 15) is 4.39 Å². The van der Waals surface area contributed by atoms with Crippen molar-refractivity contribution in [2.75, 3.05) is 16.5 Å². The molecule has 0 radical (unpaired) electrons. The summed E-state index contributed by atoms with van der Waals surface area (Å²) >= 11 is 0. The Bertz CT molecular complexity index is 3150. The van der Waals surface area contributed by atoms with Crippen LogP contribution in [0.4, 0.5) is 27.1 Å². The molecule has 6 aromatic carbocycles. The number of halogens is 1. The van der Waals surface area contributed by atoms with Crippen LogP contribution in [-0.2, 0) is 16.2 Å². The summed E-state index contributed by atoms with van der Waals surface area (Å²) in [4.78, 5) is 9.15. The number of benzene rings is 6. The molecule has 302 valence electrons. The molecule has 0 fully saturated rings. The summed E-state index contributed by atoms with van der Waals surface area (Å²) in [6.45, 7) is 20.1. The topological polar surface area (TPSA) is 33.5 Å². The molecule has 0 atom stereocenters. The van der Waals surface area contributed by atoms with Crippen molar-refractivity contribution in [2.45, 2.75) is 78.6 Å². The van der Waals surface area contributed by atoms with Crippen molar-refractivity contribution in [3.63, 3.8) is 0 Å². The zero-order valence-corrected chi connectivity index (χ0v) is 35.8. The third-order valence-corrected chi connectivity index (χ3v) is 11.5. The number of rotatable bonds is 6. The summed E-state index contributed by atoms with van der Waals surface area (Å²) in [6, 6.07) is 33.4. The standard InChI is InChI=1S/C54H53FN4O/c1-52(2,3)36-25-26-56-50(30-36)59-47-24-21-39(55)31-46(47)45-23-22-43(33-49(45)59)60-42-18-13-17-40(32-42)57-34-58(41-28-37(53(4,5)6)27-38(29-41)54(7,8)9)51-44(19-14-20-48(51)57)35-15-11-10-12-16-35/h10-33H,34H2,1-9H3/i10D,11D,12D,15D,16D. The Morgan fingerprint density at radius 2 is 1.30 bits per heavy atom. The second kappa shape index (κ2) is 14.4. The Morgan fingerprint density at radius 3 is 2.02 bits per heavy atom. The van der Waals surface area contributed by atoms with E-state index in [4.69, 9.17) is 16.6 Å². The normalized spacial score (nSPS) is 14.5. The summed E-state index contributed by atoms with van der Waals surface area (Å²) < 4.78 is 67.1. The van der Waals surface area contributed by atoms with Gasteiger partial charge in [-0.2, -0.15) is 0 Å². The van der Waals surface area contributed by atoms with E-state index in [0.717, 1.165) is 67.1 Å². The van der Waals surface area contributed by atoms with Crippen LogP contribution in [-0.4, -0.2) is 16.2 Å². The predicted octanol–water partition coefficient (Wildman–Crippen LogP) is 14.9. The van der Waals surface area contributed by atoms with Crippen LogP contribution in [0.25, 0.3) is 38.8 Å². The van der Waals surface area contributed by atoms with E-state index in [1.54, 1.807) is 12.1 Å². The van der Waals surface area contributed by atoms with Crippen molar-refractivity contribution < 1.29 is 16.0 Å². The fourth-order valence-electron chi connectivity index (χ4n) is 8.11. The van der Waals surface area contributed by atoms with Gasteiger partial charge in [-0.1, -0.05) is 117 Å². The lowest BCUT2D eigenvalue weighted by atomic mass is 9.80. The van der Waals surface area contributed by atoms with Crippen LogP contribution in [0.15, 0.2) is 146 Å². The molecule has 0 N–H and O–H groups in total. The molecular formula is C54H53FN4O. The molecular weight excluding hydrogens is 740 g/mol. The lowest BCUT2D eigenvalue weighted by molar-refractivity contribution is 0.483. The number of fused-ring (bicyclic) bond motifs is 4. The third-order valence-electron chi connectivity index (χ3n) is 11.5. The summed E-state index contributed by atoms with van der Waals surface area (Å²) in [5.41, 5.74) is 8.68. The molecule has 1 aliphatic rings. The maximum Gasteiger partial charge on any atom is 0.137 e. The molecule has 0 amide bonds. The average molecular weight is 798 g/mol. The Balaban J connectivity index is 1.17. The molecule has 1 aliphatic heterocycles. The van der Waals surface area contributed by atoms with E-state index < -0.39 is 6.04 Å². The molecule has 0 spiro atoms. The van der Waals surface area contributed by atoms with Crippen LogP contribution >= 0.6 is 0 Å². The number of anilines is 4. The SMILES string of the molecule is [2H]c1c([2H])c([2H])c(-c2cccc3c2N(c2cc(C(C)(C)C)cc(C(C)(C)C)c2)CN3c2cccc(Oc3ccc4c5cc(F)ccc5n(-c5cc(C(C)(C)C)ccn5)c4c3)c2)c([2H])c1[2H]. The zero-order valence-electron chi connectivity index (χ0n) is 40.8. The van der Waals surface area contributed by atoms with Crippen molar-refractivity contribution in [3.8, 4) is 28.4 Å². The maximum absolute atomic E-state index is 14.8. The van der Waals surface area contributed by atoms with E-state index in [2.05, 4.69) is 101 Å². The van der Waals surface area contributed by atoms with E-state index in [1.165, 1.54) is 6.07 Å². The fourth-order valence-corrected chi connectivity index (χ4v) is 8.11. The first-order valence-electron chi connectivity index (χ1n) is 23.0. The van der Waals surface area contributed by atoms with Crippen LogP contribution in [0.5, 0.6) is 11.5 Å². The van der Waals surface area contributed by atoms with E-state index in [1.807, 2.05) is 72.9 Å². The van der Waals surface area contributed by atoms with Gasteiger partial charge in [0.05, 0.1) is 29.3 Å². The first-order chi connectivity index (χ1) is 30.6. The Hall–Kier alpha value is -6.40. The van der Waals surface area contributed by atoms with Gasteiger partial charge in [0, 0.05) is 46.0 Å². The molecule has 2 aromatic heterocycles. The monoisotopic (exact) mass is 797 g/mol. The molecule has 0 unspecified atom stereocenters. The van der Waals surface area contributed by atoms with Crippen LogP contribution in [0.1, 0.15) is 85.9 Å². The average Bonchev–Trinajstić information content (AvgIpc) is 3.80. The molecule has 5 nitrogen and oxygen atoms in total. The first-order valence-corrected chi connectivity index (χ1v) is 20.5. The van der Waals surface area contributed by atoms with Crippen LogP contribution in [0.2, 0.25) is 0 Å². The van der Waals surface area contributed by atoms with Gasteiger partial charge in [0.2, 0.25) is 0 Å². The number of pyridine rings is 1. The second-order valence-electron chi connectivity index (χ2n) is 18.9. The van der Waals surface area contributed by atoms with Gasteiger partial charge in [-0.3, -0.25) is 4.57 Å². The first kappa shape index (κ1) is 33.4. The van der Waals surface area contributed by atoms with Gasteiger partial charge in [-0.15, -0.1) is 0 Å². The van der Waals surface area contributed by atoms with Gasteiger partial charge in [0.25, 0.3) is 0 Å². The number of ether oxygens (including phenoxy) is 1. The minimum Gasteiger partial charge on any atom is -0.457 e. The van der Waals surface area contributed by atoms with E-state index in [-0.39, 0.29) is 51.8 Å². The smallest absolute Gasteiger partial charge is 0.137 e. The quantitative estimate of drug-likeness (QED) is 0.168. The summed E-state index contributed by atoms with van der Waals surface area (Å²) in [7, 11) is 0. The minimum absolute atomic E-state index is 0.109. The maximum atomic E-state index is 14.8. The van der Waals surface area contributed by atoms with Crippen LogP contribution < -0.4 is 14.5 Å². The zero-order chi connectivity index (χ0) is 46.5. The van der Waals surface area contributed by atoms with Gasteiger partial charge >= 0.3 is 0 Å². The largest absolute Gasteiger partial charge is 0.457 e. The molecule has 6 heteroatoms. The summed E-state index contributed by atoms with van der Waals surface area (Å²) in [5, 5.41) is 1.65. The van der Waals surface area contributed by atoms with E-state index >= 15 is 0 Å². The Labute approximate surface area is 360 Å². The lowest BCUT2D eigenvalue weighted by Crippen LogP contribution is -2.25. The van der Waals surface area contributed by atoms with Crippen molar-refractivity contribution in [2.24, 2.45) is 0 Å². The van der Waals surface area contributed by atoms with Gasteiger partial charge < -0.3 is 14.5 Å². The summed E-state index contributed by atoms with van der Waals surface area (Å²) in [5.74, 6) is 1.59. The van der Waals surface area contributed by atoms with Crippen LogP contribution in [0.3, 0.4) is 0 Å². The van der Waals surface area contributed by atoms with Crippen molar-refractivity contribution in [3.05, 3.63) is 168 Å². The highest BCUT2D eigenvalue weighted by molar-refractivity contribution is 6.09. The third kappa shape index (κ3) is 7.19. The number of aromatic nitrogens is 2. The molecule has 0 saturated carbocycles. The van der Waals surface area contributed by atoms with Crippen molar-refractivity contribution in [1.82, 2.24) is 9.55 Å². The molecule has 0 saturated heterocycles. The fraction of sp³-hybridized carbons (Fsp3) is 0.241. The molecule has 3 heterocycles. The predicted molar refractivity (Wildman–Crippen MR) is 249 cm³/mol. The number of para-hydroxylation sites is 1. The molecule has 60 heavy (non-hydrogen) atoms. The number of nitrogens with zero attached hydrogens (tertiary/aromatic N) is 4. The highest BCUT2D eigenvalue weighted by atomic mass is 19.1. The van der Waals surface area contributed by atoms with Gasteiger partial charge in [0.1, 0.15) is 29.8 Å².